The minimum Gasteiger partial charge on any atom is -0.481 e. The van der Waals surface area contributed by atoms with Gasteiger partial charge in [-0.2, -0.15) is 0 Å². The first-order valence-electron chi connectivity index (χ1n) is 15.0. The Kier molecular flexibility index (Phi) is 14.7. The molecule has 11 heteroatoms. The van der Waals surface area contributed by atoms with Gasteiger partial charge < -0.3 is 25.5 Å². The summed E-state index contributed by atoms with van der Waals surface area (Å²) < 4.78 is 0. The molecule has 0 aliphatic carbocycles. The monoisotopic (exact) mass is 588 g/mol. The van der Waals surface area contributed by atoms with E-state index in [2.05, 4.69) is 5.32 Å². The van der Waals surface area contributed by atoms with Gasteiger partial charge in [-0.3, -0.25) is 19.2 Å². The van der Waals surface area contributed by atoms with E-state index in [0.29, 0.717) is 25.5 Å². The molecule has 0 saturated carbocycles. The van der Waals surface area contributed by atoms with Crippen molar-refractivity contribution in [2.24, 2.45) is 0 Å². The predicted molar refractivity (Wildman–Crippen MR) is 156 cm³/mol. The Bertz CT molecular complexity index is 1100. The summed E-state index contributed by atoms with van der Waals surface area (Å²) in [6.45, 7) is -0.557. The fourth-order valence-electron chi connectivity index (χ4n) is 5.39. The molecular weight excluding hydrogens is 544 g/mol. The molecule has 1 fully saturated rings. The van der Waals surface area contributed by atoms with E-state index < -0.39 is 48.2 Å². The Morgan fingerprint density at radius 1 is 0.762 bits per heavy atom. The summed E-state index contributed by atoms with van der Waals surface area (Å²) in [4.78, 5) is 76.0. The topological polar surface area (TPSA) is 178 Å². The minimum atomic E-state index is -2.70. The number of hydrogen-bond acceptors (Lipinski definition) is 7. The van der Waals surface area contributed by atoms with E-state index in [-0.39, 0.29) is 29.7 Å². The summed E-state index contributed by atoms with van der Waals surface area (Å²) in [6.07, 6.45) is 12.4. The van der Waals surface area contributed by atoms with Crippen molar-refractivity contribution in [2.45, 2.75) is 115 Å². The van der Waals surface area contributed by atoms with Crippen molar-refractivity contribution >= 4 is 41.6 Å². The number of Topliss-reactive ketones (excluding diaryl/α,β-unsaturated/α-hetero) is 1. The Hall–Kier alpha value is -3.76. The number of benzene rings is 1. The van der Waals surface area contributed by atoms with Gasteiger partial charge in [-0.15, -0.1) is 0 Å². The molecule has 0 radical (unpaired) electrons. The lowest BCUT2D eigenvalue weighted by atomic mass is 9.94. The van der Waals surface area contributed by atoms with Crippen molar-refractivity contribution in [2.75, 3.05) is 11.9 Å². The molecule has 1 aliphatic heterocycles. The molecule has 11 nitrogen and oxygen atoms in total. The SMILES string of the molecule is O=Cc1cc(N[C@]2(C(=O)O)C(=O)CCCCCCCCCCCCCCCCC(=O)N2CCC(=O)O)cc(C(=O)O)c1. The first kappa shape index (κ1) is 34.4. The van der Waals surface area contributed by atoms with Crippen LogP contribution in [0.1, 0.15) is 130 Å². The van der Waals surface area contributed by atoms with Crippen LogP contribution in [0.4, 0.5) is 5.69 Å². The Morgan fingerprint density at radius 3 is 1.71 bits per heavy atom. The summed E-state index contributed by atoms with van der Waals surface area (Å²) in [5.74, 6) is -5.93. The number of nitrogens with one attached hydrogen (secondary N) is 1. The number of aliphatic carboxylic acids is 2. The zero-order valence-electron chi connectivity index (χ0n) is 24.3. The lowest BCUT2D eigenvalue weighted by Crippen LogP contribution is -2.67. The van der Waals surface area contributed by atoms with Crippen LogP contribution in [0.25, 0.3) is 0 Å². The van der Waals surface area contributed by atoms with Crippen LogP contribution in [-0.4, -0.2) is 68.3 Å². The molecule has 0 spiro atoms. The van der Waals surface area contributed by atoms with Crippen molar-refractivity contribution in [3.8, 4) is 0 Å². The van der Waals surface area contributed by atoms with Gasteiger partial charge in [0.15, 0.2) is 5.78 Å². The summed E-state index contributed by atoms with van der Waals surface area (Å²) >= 11 is 0. The zero-order chi connectivity index (χ0) is 31.0. The molecule has 1 atom stereocenters. The van der Waals surface area contributed by atoms with Crippen LogP contribution in [0.15, 0.2) is 18.2 Å². The number of carboxylic acid groups (broad SMARTS) is 3. The van der Waals surface area contributed by atoms with Crippen molar-refractivity contribution in [3.05, 3.63) is 29.3 Å². The highest BCUT2D eigenvalue weighted by atomic mass is 16.4. The lowest BCUT2D eigenvalue weighted by molar-refractivity contribution is -0.163. The molecule has 1 aliphatic rings. The lowest BCUT2D eigenvalue weighted by Gasteiger charge is -2.40. The Balaban J connectivity index is 2.52. The van der Waals surface area contributed by atoms with Gasteiger partial charge in [0.25, 0.3) is 5.66 Å². The van der Waals surface area contributed by atoms with Crippen LogP contribution >= 0.6 is 0 Å². The molecular formula is C31H44N2O9. The Labute approximate surface area is 246 Å². The van der Waals surface area contributed by atoms with Gasteiger partial charge in [0.05, 0.1) is 12.0 Å². The van der Waals surface area contributed by atoms with Gasteiger partial charge in [0, 0.05) is 30.6 Å². The van der Waals surface area contributed by atoms with Crippen molar-refractivity contribution in [1.82, 2.24) is 4.90 Å². The van der Waals surface area contributed by atoms with Crippen LogP contribution in [0.3, 0.4) is 0 Å². The number of nitrogens with zero attached hydrogens (tertiary/aromatic N) is 1. The van der Waals surface area contributed by atoms with E-state index in [0.717, 1.165) is 68.4 Å². The van der Waals surface area contributed by atoms with Crippen LogP contribution in [0.5, 0.6) is 0 Å². The van der Waals surface area contributed by atoms with E-state index in [4.69, 9.17) is 0 Å². The molecule has 42 heavy (non-hydrogen) atoms. The predicted octanol–water partition coefficient (Wildman–Crippen LogP) is 5.52. The number of aromatic carboxylic acids is 1. The smallest absolute Gasteiger partial charge is 0.358 e. The zero-order valence-corrected chi connectivity index (χ0v) is 24.3. The summed E-state index contributed by atoms with van der Waals surface area (Å²) in [7, 11) is 0. The van der Waals surface area contributed by atoms with E-state index in [1.165, 1.54) is 25.3 Å². The molecule has 2 rings (SSSR count). The standard InChI is InChI=1S/C31H44N2O9/c34-22-23-19-24(29(39)40)21-25(20-23)32-31(30(41)42)26(35)15-13-11-9-7-5-3-1-2-4-6-8-10-12-14-16-27(36)33(31)18-17-28(37)38/h19-22,32H,1-18H2,(H,37,38)(H,39,40)(H,41,42)/t31-/m1/s1. The highest BCUT2D eigenvalue weighted by Crippen LogP contribution is 2.28. The molecule has 1 saturated heterocycles. The fourth-order valence-corrected chi connectivity index (χ4v) is 5.39. The van der Waals surface area contributed by atoms with Crippen LogP contribution < -0.4 is 5.32 Å². The number of carbonyl (C=O) groups is 6. The third-order valence-electron chi connectivity index (χ3n) is 7.68. The molecule has 4 N–H and O–H groups in total. The first-order chi connectivity index (χ1) is 20.1. The maximum atomic E-state index is 13.9. The average molecular weight is 589 g/mol. The van der Waals surface area contributed by atoms with Gasteiger partial charge in [-0.25, -0.2) is 9.59 Å². The second kappa shape index (κ2) is 17.9. The van der Waals surface area contributed by atoms with Gasteiger partial charge >= 0.3 is 17.9 Å². The Morgan fingerprint density at radius 2 is 1.26 bits per heavy atom. The summed E-state index contributed by atoms with van der Waals surface area (Å²) in [5, 5.41) is 32.1. The second-order valence-corrected chi connectivity index (χ2v) is 11.0. The van der Waals surface area contributed by atoms with Gasteiger partial charge in [-0.1, -0.05) is 77.0 Å². The highest BCUT2D eigenvalue weighted by Gasteiger charge is 2.53. The quantitative estimate of drug-likeness (QED) is 0.223. The molecule has 1 amide bonds. The molecule has 0 unspecified atom stereocenters. The average Bonchev–Trinajstić information content (AvgIpc) is 2.95. The van der Waals surface area contributed by atoms with E-state index in [9.17, 15) is 44.1 Å². The number of carboxylic acids is 3. The maximum absolute atomic E-state index is 13.9. The number of carbonyl (C=O) groups excluding carboxylic acids is 3. The van der Waals surface area contributed by atoms with Gasteiger partial charge in [-0.05, 0) is 31.0 Å². The van der Waals surface area contributed by atoms with Crippen LogP contribution in [0.2, 0.25) is 0 Å². The highest BCUT2D eigenvalue weighted by molar-refractivity contribution is 6.12. The van der Waals surface area contributed by atoms with E-state index >= 15 is 0 Å². The molecule has 232 valence electrons. The van der Waals surface area contributed by atoms with E-state index in [1.807, 2.05) is 0 Å². The number of hydrogen-bond donors (Lipinski definition) is 4. The van der Waals surface area contributed by atoms with E-state index in [1.54, 1.807) is 0 Å². The first-order valence-corrected chi connectivity index (χ1v) is 15.0. The van der Waals surface area contributed by atoms with Crippen molar-refractivity contribution in [3.63, 3.8) is 0 Å². The third kappa shape index (κ3) is 10.6. The summed E-state index contributed by atoms with van der Waals surface area (Å²) in [5.41, 5.74) is -3.29. The van der Waals surface area contributed by atoms with Crippen molar-refractivity contribution in [1.29, 1.82) is 0 Å². The number of amides is 1. The van der Waals surface area contributed by atoms with Gasteiger partial charge in [0.1, 0.15) is 6.29 Å². The van der Waals surface area contributed by atoms with Crippen LogP contribution in [0, 0.1) is 0 Å². The number of anilines is 1. The molecule has 0 bridgehead atoms. The number of aldehydes is 1. The maximum Gasteiger partial charge on any atom is 0.358 e. The second-order valence-electron chi connectivity index (χ2n) is 11.0. The number of ketones is 1. The normalized spacial score (nSPS) is 20.8. The van der Waals surface area contributed by atoms with Crippen LogP contribution in [-0.2, 0) is 19.2 Å². The van der Waals surface area contributed by atoms with Crippen molar-refractivity contribution < 1.29 is 44.1 Å². The number of rotatable bonds is 8. The fraction of sp³-hybridized carbons (Fsp3) is 0.613. The third-order valence-corrected chi connectivity index (χ3v) is 7.68. The minimum absolute atomic E-state index is 0.0827. The molecule has 0 aromatic heterocycles. The molecule has 1 heterocycles. The molecule has 1 aromatic carbocycles. The molecule has 1 aromatic rings. The van der Waals surface area contributed by atoms with Gasteiger partial charge in [0.2, 0.25) is 5.91 Å². The summed E-state index contributed by atoms with van der Waals surface area (Å²) in [6, 6.07) is 3.36. The largest absolute Gasteiger partial charge is 0.481 e.